The molecule has 0 saturated heterocycles. The molecule has 0 aliphatic carbocycles. The second-order valence-electron chi connectivity index (χ2n) is 4.20. The molecule has 0 N–H and O–H groups in total. The van der Waals surface area contributed by atoms with Crippen LogP contribution in [0.25, 0.3) is 0 Å². The van der Waals surface area contributed by atoms with Crippen LogP contribution in [0.2, 0.25) is 0 Å². The molecule has 0 aromatic heterocycles. The lowest BCUT2D eigenvalue weighted by atomic mass is 9.91. The van der Waals surface area contributed by atoms with Gasteiger partial charge in [-0.15, -0.1) is 0 Å². The molecule has 0 spiro atoms. The molecule has 0 amide bonds. The Morgan fingerprint density at radius 1 is 1.18 bits per heavy atom. The molecule has 2 atom stereocenters. The standard InChI is InChI=1S/C12H13F3N2/c1-8-10(9-6-4-3-5-7-9)17(2)16-11(8)12(13,14)15/h3-8,10H,1-2H3. The van der Waals surface area contributed by atoms with Crippen LogP contribution < -0.4 is 0 Å². The van der Waals surface area contributed by atoms with Crippen molar-refractivity contribution in [2.75, 3.05) is 7.05 Å². The maximum atomic E-state index is 12.7. The fraction of sp³-hybridized carbons (Fsp3) is 0.417. The van der Waals surface area contributed by atoms with Crippen LogP contribution in [0.5, 0.6) is 0 Å². The average Bonchev–Trinajstić information content (AvgIpc) is 2.55. The molecule has 92 valence electrons. The van der Waals surface area contributed by atoms with E-state index in [0.717, 1.165) is 5.56 Å². The number of benzene rings is 1. The highest BCUT2D eigenvalue weighted by Gasteiger charge is 2.47. The minimum atomic E-state index is -4.35. The summed E-state index contributed by atoms with van der Waals surface area (Å²) in [7, 11) is 1.58. The first-order valence-corrected chi connectivity index (χ1v) is 5.34. The number of halogens is 3. The van der Waals surface area contributed by atoms with Crippen LogP contribution >= 0.6 is 0 Å². The van der Waals surface area contributed by atoms with Crippen LogP contribution in [0, 0.1) is 5.92 Å². The Balaban J connectivity index is 2.31. The fourth-order valence-corrected chi connectivity index (χ4v) is 2.27. The molecule has 0 bridgehead atoms. The SMILES string of the molecule is CC1C(C(F)(F)F)=NN(C)C1c1ccccc1. The normalized spacial score (nSPS) is 25.0. The summed E-state index contributed by atoms with van der Waals surface area (Å²) in [6.45, 7) is 1.56. The monoisotopic (exact) mass is 242 g/mol. The van der Waals surface area contributed by atoms with E-state index in [2.05, 4.69) is 5.10 Å². The van der Waals surface area contributed by atoms with Crippen molar-refractivity contribution in [3.63, 3.8) is 0 Å². The highest BCUT2D eigenvalue weighted by molar-refractivity contribution is 5.93. The molecule has 1 aromatic rings. The topological polar surface area (TPSA) is 15.6 Å². The first-order valence-electron chi connectivity index (χ1n) is 5.34. The summed E-state index contributed by atoms with van der Waals surface area (Å²) < 4.78 is 38.1. The Labute approximate surface area is 97.7 Å². The molecule has 0 saturated carbocycles. The van der Waals surface area contributed by atoms with Gasteiger partial charge in [-0.3, -0.25) is 5.01 Å². The highest BCUT2D eigenvalue weighted by Crippen LogP contribution is 2.39. The van der Waals surface area contributed by atoms with E-state index in [-0.39, 0.29) is 6.04 Å². The third-order valence-electron chi connectivity index (χ3n) is 3.00. The van der Waals surface area contributed by atoms with Gasteiger partial charge in [0.2, 0.25) is 0 Å². The fourth-order valence-electron chi connectivity index (χ4n) is 2.27. The molecule has 1 aromatic carbocycles. The van der Waals surface area contributed by atoms with Crippen molar-refractivity contribution in [3.8, 4) is 0 Å². The van der Waals surface area contributed by atoms with Crippen molar-refractivity contribution in [3.05, 3.63) is 35.9 Å². The molecule has 17 heavy (non-hydrogen) atoms. The first-order chi connectivity index (χ1) is 7.91. The predicted molar refractivity (Wildman–Crippen MR) is 59.6 cm³/mol. The molecule has 2 rings (SSSR count). The van der Waals surface area contributed by atoms with E-state index < -0.39 is 17.8 Å². The quantitative estimate of drug-likeness (QED) is 0.738. The highest BCUT2D eigenvalue weighted by atomic mass is 19.4. The van der Waals surface area contributed by atoms with Crippen LogP contribution in [0.4, 0.5) is 13.2 Å². The van der Waals surface area contributed by atoms with Crippen molar-refractivity contribution in [2.24, 2.45) is 11.0 Å². The summed E-state index contributed by atoms with van der Waals surface area (Å²) in [5.41, 5.74) is 0.152. The van der Waals surface area contributed by atoms with Crippen LogP contribution in [-0.4, -0.2) is 23.9 Å². The second kappa shape index (κ2) is 4.05. The summed E-state index contributed by atoms with van der Waals surface area (Å²) >= 11 is 0. The second-order valence-corrected chi connectivity index (χ2v) is 4.20. The maximum absolute atomic E-state index is 12.7. The predicted octanol–water partition coefficient (Wildman–Crippen LogP) is 3.23. The minimum Gasteiger partial charge on any atom is -0.292 e. The number of hydrogen-bond donors (Lipinski definition) is 0. The van der Waals surface area contributed by atoms with Gasteiger partial charge in [0.15, 0.2) is 0 Å². The van der Waals surface area contributed by atoms with Gasteiger partial charge in [0.25, 0.3) is 0 Å². The van der Waals surface area contributed by atoms with Crippen molar-refractivity contribution >= 4 is 5.71 Å². The van der Waals surface area contributed by atoms with E-state index >= 15 is 0 Å². The number of hydrazone groups is 1. The van der Waals surface area contributed by atoms with Crippen molar-refractivity contribution < 1.29 is 13.2 Å². The molecule has 2 nitrogen and oxygen atoms in total. The van der Waals surface area contributed by atoms with Crippen LogP contribution in [0.1, 0.15) is 18.5 Å². The molecule has 0 radical (unpaired) electrons. The van der Waals surface area contributed by atoms with Crippen molar-refractivity contribution in [2.45, 2.75) is 19.1 Å². The summed E-state index contributed by atoms with van der Waals surface area (Å²) in [4.78, 5) is 0. The van der Waals surface area contributed by atoms with Gasteiger partial charge >= 0.3 is 6.18 Å². The lowest BCUT2D eigenvalue weighted by Gasteiger charge is -2.23. The third-order valence-corrected chi connectivity index (χ3v) is 3.00. The molecule has 2 unspecified atom stereocenters. The van der Waals surface area contributed by atoms with Crippen LogP contribution in [0.3, 0.4) is 0 Å². The number of nitrogens with zero attached hydrogens (tertiary/aromatic N) is 2. The zero-order chi connectivity index (χ0) is 12.6. The Kier molecular flexibility index (Phi) is 2.85. The van der Waals surface area contributed by atoms with Gasteiger partial charge in [-0.2, -0.15) is 18.3 Å². The molecule has 0 fully saturated rings. The van der Waals surface area contributed by atoms with E-state index in [0.29, 0.717) is 0 Å². The Morgan fingerprint density at radius 2 is 1.76 bits per heavy atom. The molecule has 1 aliphatic rings. The van der Waals surface area contributed by atoms with Gasteiger partial charge in [-0.25, -0.2) is 0 Å². The van der Waals surface area contributed by atoms with Gasteiger partial charge in [-0.1, -0.05) is 37.3 Å². The number of rotatable bonds is 1. The maximum Gasteiger partial charge on any atom is 0.431 e. The van der Waals surface area contributed by atoms with Gasteiger partial charge in [0.1, 0.15) is 5.71 Å². The lowest BCUT2D eigenvalue weighted by Crippen LogP contribution is -2.29. The van der Waals surface area contributed by atoms with Crippen molar-refractivity contribution in [1.82, 2.24) is 5.01 Å². The Bertz CT molecular complexity index is 425. The van der Waals surface area contributed by atoms with Crippen LogP contribution in [-0.2, 0) is 0 Å². The van der Waals surface area contributed by atoms with Crippen LogP contribution in [0.15, 0.2) is 35.4 Å². The Hall–Kier alpha value is -1.52. The molecule has 5 heteroatoms. The number of hydrogen-bond acceptors (Lipinski definition) is 2. The smallest absolute Gasteiger partial charge is 0.292 e. The van der Waals surface area contributed by atoms with Gasteiger partial charge in [0, 0.05) is 13.0 Å². The summed E-state index contributed by atoms with van der Waals surface area (Å²) in [6.07, 6.45) is -4.35. The van der Waals surface area contributed by atoms with Gasteiger partial charge in [0.05, 0.1) is 6.04 Å². The van der Waals surface area contributed by atoms with E-state index in [9.17, 15) is 13.2 Å². The molecule has 1 heterocycles. The molecule has 1 aliphatic heterocycles. The average molecular weight is 242 g/mol. The largest absolute Gasteiger partial charge is 0.431 e. The summed E-state index contributed by atoms with van der Waals surface area (Å²) in [6, 6.07) is 8.80. The van der Waals surface area contributed by atoms with E-state index in [1.165, 1.54) is 5.01 Å². The zero-order valence-electron chi connectivity index (χ0n) is 9.57. The minimum absolute atomic E-state index is 0.340. The summed E-state index contributed by atoms with van der Waals surface area (Å²) in [5.74, 6) is -0.651. The van der Waals surface area contributed by atoms with E-state index in [1.54, 1.807) is 14.0 Å². The summed E-state index contributed by atoms with van der Waals surface area (Å²) in [5, 5.41) is 5.02. The zero-order valence-corrected chi connectivity index (χ0v) is 9.57. The van der Waals surface area contributed by atoms with E-state index in [4.69, 9.17) is 0 Å². The first kappa shape index (κ1) is 12.0. The van der Waals surface area contributed by atoms with E-state index in [1.807, 2.05) is 30.3 Å². The molecular formula is C12H13F3N2. The third kappa shape index (κ3) is 2.14. The Morgan fingerprint density at radius 3 is 2.24 bits per heavy atom. The van der Waals surface area contributed by atoms with Crippen molar-refractivity contribution in [1.29, 1.82) is 0 Å². The lowest BCUT2D eigenvalue weighted by molar-refractivity contribution is -0.0620. The van der Waals surface area contributed by atoms with Gasteiger partial charge in [-0.05, 0) is 5.56 Å². The van der Waals surface area contributed by atoms with Gasteiger partial charge < -0.3 is 0 Å². The number of alkyl halides is 3. The molecular weight excluding hydrogens is 229 g/mol.